The first-order valence-electron chi connectivity index (χ1n) is 5.69. The van der Waals surface area contributed by atoms with Gasteiger partial charge in [0.15, 0.2) is 0 Å². The fourth-order valence-corrected chi connectivity index (χ4v) is 3.95. The van der Waals surface area contributed by atoms with Crippen molar-refractivity contribution in [1.82, 2.24) is 0 Å². The Labute approximate surface area is 102 Å². The first-order valence-corrected chi connectivity index (χ1v) is 6.48. The van der Waals surface area contributed by atoms with Crippen LogP contribution >= 0.6 is 15.9 Å². The van der Waals surface area contributed by atoms with E-state index in [4.69, 9.17) is 0 Å². The van der Waals surface area contributed by atoms with Gasteiger partial charge in [-0.15, -0.1) is 0 Å². The number of nitrogens with zero attached hydrogens (tertiary/aromatic N) is 1. The summed E-state index contributed by atoms with van der Waals surface area (Å²) in [6.07, 6.45) is 5.83. The van der Waals surface area contributed by atoms with E-state index in [9.17, 15) is 10.1 Å². The Morgan fingerprint density at radius 3 is 1.81 bits per heavy atom. The number of halogens is 1. The third kappa shape index (κ3) is 1.25. The van der Waals surface area contributed by atoms with E-state index in [1.165, 1.54) is 11.1 Å². The molecule has 0 radical (unpaired) electrons. The van der Waals surface area contributed by atoms with Gasteiger partial charge in [0, 0.05) is 15.6 Å². The molecule has 0 spiro atoms. The molecule has 0 atom stereocenters. The van der Waals surface area contributed by atoms with E-state index >= 15 is 0 Å². The van der Waals surface area contributed by atoms with Crippen molar-refractivity contribution in [2.45, 2.75) is 38.5 Å². The van der Waals surface area contributed by atoms with Crippen molar-refractivity contribution >= 4 is 21.6 Å². The van der Waals surface area contributed by atoms with Crippen molar-refractivity contribution in [3.63, 3.8) is 0 Å². The fraction of sp³-hybridized carbons (Fsp3) is 0.500. The van der Waals surface area contributed by atoms with Crippen molar-refractivity contribution < 1.29 is 4.92 Å². The third-order valence-corrected chi connectivity index (χ3v) is 4.68. The molecular formula is C12H12BrNO2. The summed E-state index contributed by atoms with van der Waals surface area (Å²) in [4.78, 5) is 11.1. The van der Waals surface area contributed by atoms with Crippen molar-refractivity contribution in [1.29, 1.82) is 0 Å². The molecule has 1 aromatic rings. The molecule has 1 aromatic carbocycles. The third-order valence-electron chi connectivity index (χ3n) is 3.72. The highest BCUT2D eigenvalue weighted by atomic mass is 79.9. The van der Waals surface area contributed by atoms with E-state index in [-0.39, 0.29) is 4.92 Å². The molecule has 0 unspecified atom stereocenters. The molecule has 16 heavy (non-hydrogen) atoms. The molecule has 0 saturated carbocycles. The van der Waals surface area contributed by atoms with E-state index in [2.05, 4.69) is 15.9 Å². The molecule has 2 aliphatic rings. The summed E-state index contributed by atoms with van der Waals surface area (Å²) in [5, 5.41) is 11.2. The monoisotopic (exact) mass is 281 g/mol. The van der Waals surface area contributed by atoms with E-state index in [1.807, 2.05) is 0 Å². The average molecular weight is 282 g/mol. The molecule has 0 aliphatic heterocycles. The summed E-state index contributed by atoms with van der Waals surface area (Å²) in [5.74, 6) is 0. The number of hydrogen-bond donors (Lipinski definition) is 0. The smallest absolute Gasteiger partial charge is 0.258 e. The Morgan fingerprint density at radius 1 is 0.938 bits per heavy atom. The van der Waals surface area contributed by atoms with Crippen LogP contribution in [-0.4, -0.2) is 4.92 Å². The van der Waals surface area contributed by atoms with Crippen LogP contribution in [0.15, 0.2) is 4.47 Å². The molecule has 0 aromatic heterocycles. The van der Waals surface area contributed by atoms with Gasteiger partial charge in [-0.25, -0.2) is 0 Å². The molecule has 4 heteroatoms. The summed E-state index contributed by atoms with van der Waals surface area (Å²) < 4.78 is 1.16. The first-order chi connectivity index (χ1) is 7.70. The summed E-state index contributed by atoms with van der Waals surface area (Å²) >= 11 is 3.64. The molecule has 0 fully saturated rings. The second kappa shape index (κ2) is 3.55. The summed E-state index contributed by atoms with van der Waals surface area (Å²) in [6, 6.07) is 0. The zero-order chi connectivity index (χ0) is 11.3. The molecule has 3 nitrogen and oxygen atoms in total. The Bertz CT molecular complexity index is 461. The highest BCUT2D eigenvalue weighted by molar-refractivity contribution is 9.10. The van der Waals surface area contributed by atoms with Gasteiger partial charge in [0.05, 0.1) is 4.92 Å². The number of hydrogen-bond acceptors (Lipinski definition) is 2. The van der Waals surface area contributed by atoms with Gasteiger partial charge in [-0.1, -0.05) is 15.9 Å². The Hall–Kier alpha value is -0.900. The molecule has 0 N–H and O–H groups in total. The summed E-state index contributed by atoms with van der Waals surface area (Å²) in [6.45, 7) is 0. The topological polar surface area (TPSA) is 43.1 Å². The first kappa shape index (κ1) is 10.3. The van der Waals surface area contributed by atoms with Crippen LogP contribution in [0.2, 0.25) is 0 Å². The molecule has 2 aliphatic carbocycles. The van der Waals surface area contributed by atoms with Crippen LogP contribution in [0.4, 0.5) is 5.69 Å². The van der Waals surface area contributed by atoms with Crippen LogP contribution in [0.1, 0.15) is 35.1 Å². The molecule has 0 saturated heterocycles. The summed E-state index contributed by atoms with van der Waals surface area (Å²) in [7, 11) is 0. The van der Waals surface area contributed by atoms with Crippen LogP contribution in [0.25, 0.3) is 0 Å². The van der Waals surface area contributed by atoms with Crippen LogP contribution in [-0.2, 0) is 25.7 Å². The van der Waals surface area contributed by atoms with Gasteiger partial charge in [-0.2, -0.15) is 0 Å². The van der Waals surface area contributed by atoms with Crippen molar-refractivity contribution in [2.75, 3.05) is 0 Å². The Balaban J connectivity index is 2.36. The standard InChI is InChI=1S/C12H12BrNO2/c13-11-7-3-1-5-9(7)12(14(15)16)10-6-2-4-8(10)11/h1-6H2. The van der Waals surface area contributed by atoms with Gasteiger partial charge in [0.1, 0.15) is 0 Å². The largest absolute Gasteiger partial charge is 0.276 e. The minimum absolute atomic E-state index is 0.166. The number of benzene rings is 1. The molecule has 0 amide bonds. The normalized spacial score (nSPS) is 17.3. The number of nitro benzene ring substituents is 1. The predicted molar refractivity (Wildman–Crippen MR) is 64.8 cm³/mol. The van der Waals surface area contributed by atoms with Crippen LogP contribution in [0.5, 0.6) is 0 Å². The minimum atomic E-state index is -0.166. The van der Waals surface area contributed by atoms with Gasteiger partial charge in [0.25, 0.3) is 5.69 Å². The van der Waals surface area contributed by atoms with Crippen molar-refractivity contribution in [3.05, 3.63) is 36.8 Å². The maximum Gasteiger partial charge on any atom is 0.276 e. The van der Waals surface area contributed by atoms with E-state index in [1.54, 1.807) is 0 Å². The van der Waals surface area contributed by atoms with Gasteiger partial charge in [-0.3, -0.25) is 10.1 Å². The van der Waals surface area contributed by atoms with Crippen LogP contribution in [0.3, 0.4) is 0 Å². The van der Waals surface area contributed by atoms with Gasteiger partial charge < -0.3 is 0 Å². The second-order valence-corrected chi connectivity index (χ2v) is 5.33. The zero-order valence-corrected chi connectivity index (χ0v) is 10.5. The lowest BCUT2D eigenvalue weighted by molar-refractivity contribution is -0.386. The van der Waals surface area contributed by atoms with Gasteiger partial charge >= 0.3 is 0 Å². The van der Waals surface area contributed by atoms with Gasteiger partial charge in [0.2, 0.25) is 0 Å². The van der Waals surface area contributed by atoms with E-state index in [0.29, 0.717) is 5.69 Å². The highest BCUT2D eigenvalue weighted by Gasteiger charge is 2.33. The lowest BCUT2D eigenvalue weighted by atomic mass is 9.99. The number of rotatable bonds is 1. The van der Waals surface area contributed by atoms with Crippen molar-refractivity contribution in [2.24, 2.45) is 0 Å². The Morgan fingerprint density at radius 2 is 1.38 bits per heavy atom. The molecule has 3 rings (SSSR count). The lowest BCUT2D eigenvalue weighted by Crippen LogP contribution is -2.02. The highest BCUT2D eigenvalue weighted by Crippen LogP contribution is 2.44. The SMILES string of the molecule is O=[N+]([O-])c1c2c(c(Br)c3c1CCC3)CCC2. The molecule has 84 valence electrons. The van der Waals surface area contributed by atoms with E-state index in [0.717, 1.165) is 54.1 Å². The predicted octanol–water partition coefficient (Wildman–Crippen LogP) is 3.33. The number of nitro groups is 1. The quantitative estimate of drug-likeness (QED) is 0.585. The summed E-state index contributed by atoms with van der Waals surface area (Å²) in [5.41, 5.74) is 4.83. The molecule has 0 heterocycles. The van der Waals surface area contributed by atoms with Crippen LogP contribution < -0.4 is 0 Å². The van der Waals surface area contributed by atoms with E-state index < -0.39 is 0 Å². The lowest BCUT2D eigenvalue weighted by Gasteiger charge is -2.10. The maximum atomic E-state index is 11.2. The minimum Gasteiger partial charge on any atom is -0.258 e. The molecular weight excluding hydrogens is 270 g/mol. The second-order valence-electron chi connectivity index (χ2n) is 4.54. The number of fused-ring (bicyclic) bond motifs is 2. The Kier molecular flexibility index (Phi) is 2.28. The molecule has 0 bridgehead atoms. The van der Waals surface area contributed by atoms with Gasteiger partial charge in [-0.05, 0) is 49.7 Å². The average Bonchev–Trinajstić information content (AvgIpc) is 2.84. The zero-order valence-electron chi connectivity index (χ0n) is 8.88. The van der Waals surface area contributed by atoms with Crippen LogP contribution in [0, 0.1) is 10.1 Å². The maximum absolute atomic E-state index is 11.2. The fourth-order valence-electron chi connectivity index (χ4n) is 3.08. The van der Waals surface area contributed by atoms with Crippen molar-refractivity contribution in [3.8, 4) is 0 Å².